The van der Waals surface area contributed by atoms with Crippen molar-refractivity contribution in [1.29, 1.82) is 0 Å². The minimum atomic E-state index is -0.559. The Labute approximate surface area is 221 Å². The van der Waals surface area contributed by atoms with Gasteiger partial charge in [-0.25, -0.2) is 0 Å². The predicted octanol–water partition coefficient (Wildman–Crippen LogP) is 6.28. The number of likely N-dealkylation sites (N-methyl/N-ethyl adjacent to an activating group) is 2. The summed E-state index contributed by atoms with van der Waals surface area (Å²) in [6.07, 6.45) is 11.8. The van der Waals surface area contributed by atoms with Crippen molar-refractivity contribution in [3.05, 3.63) is 64.2 Å². The first kappa shape index (κ1) is 25.8. The fraction of sp³-hybridized carbons (Fsp3) is 0.581. The van der Waals surface area contributed by atoms with Gasteiger partial charge in [-0.1, -0.05) is 55.1 Å². The van der Waals surface area contributed by atoms with Gasteiger partial charge in [-0.3, -0.25) is 4.79 Å². The monoisotopic (exact) mass is 508 g/mol. The molecule has 3 aliphatic carbocycles. The van der Waals surface area contributed by atoms with E-state index >= 15 is 0 Å². The van der Waals surface area contributed by atoms with Crippen molar-refractivity contribution in [1.82, 2.24) is 10.2 Å². The Bertz CT molecular complexity index is 1100. The van der Waals surface area contributed by atoms with Gasteiger partial charge in [0.25, 0.3) is 0 Å². The third-order valence-corrected chi connectivity index (χ3v) is 10.1. The zero-order valence-electron chi connectivity index (χ0n) is 22.1. The smallest absolute Gasteiger partial charge is 0.157 e. The van der Waals surface area contributed by atoms with Crippen LogP contribution in [0.4, 0.5) is 0 Å². The van der Waals surface area contributed by atoms with Gasteiger partial charge in [0, 0.05) is 22.9 Å². The fourth-order valence-corrected chi connectivity index (χ4v) is 8.12. The molecule has 0 aromatic heterocycles. The Kier molecular flexibility index (Phi) is 7.49. The van der Waals surface area contributed by atoms with Crippen molar-refractivity contribution in [3.8, 4) is 5.75 Å². The first-order valence-electron chi connectivity index (χ1n) is 13.8. The molecule has 1 unspecified atom stereocenters. The van der Waals surface area contributed by atoms with Crippen LogP contribution in [0, 0.1) is 5.92 Å². The molecule has 6 rings (SSSR count). The molecule has 5 heteroatoms. The molecular weight excluding hydrogens is 468 g/mol. The van der Waals surface area contributed by atoms with Crippen molar-refractivity contribution in [2.75, 3.05) is 27.7 Å². The lowest BCUT2D eigenvalue weighted by molar-refractivity contribution is -0.127. The van der Waals surface area contributed by atoms with E-state index in [0.29, 0.717) is 16.9 Å². The van der Waals surface area contributed by atoms with Gasteiger partial charge in [0.2, 0.25) is 0 Å². The molecule has 2 aromatic carbocycles. The molecule has 2 aromatic rings. The maximum absolute atomic E-state index is 12.2. The molecule has 1 heterocycles. The summed E-state index contributed by atoms with van der Waals surface area (Å²) in [5.41, 5.74) is 4.03. The maximum atomic E-state index is 12.2. The quantitative estimate of drug-likeness (QED) is 0.529. The topological polar surface area (TPSA) is 41.6 Å². The number of ether oxygens (including phenoxy) is 1. The van der Waals surface area contributed by atoms with E-state index < -0.39 is 5.54 Å². The molecule has 4 atom stereocenters. The van der Waals surface area contributed by atoms with Gasteiger partial charge in [-0.05, 0) is 100.0 Å². The molecule has 4 nitrogen and oxygen atoms in total. The van der Waals surface area contributed by atoms with E-state index in [1.54, 1.807) is 18.2 Å². The van der Waals surface area contributed by atoms with E-state index in [2.05, 4.69) is 35.5 Å². The second kappa shape index (κ2) is 10.5. The van der Waals surface area contributed by atoms with E-state index in [1.165, 1.54) is 45.1 Å². The third-order valence-electron chi connectivity index (χ3n) is 9.76. The number of piperidine rings is 1. The van der Waals surface area contributed by atoms with Gasteiger partial charge in [0.15, 0.2) is 5.78 Å². The van der Waals surface area contributed by atoms with Crippen molar-refractivity contribution in [3.63, 3.8) is 0 Å². The largest absolute Gasteiger partial charge is 0.497 e. The maximum Gasteiger partial charge on any atom is 0.157 e. The van der Waals surface area contributed by atoms with Crippen LogP contribution in [0.3, 0.4) is 0 Å². The number of ketones is 1. The zero-order valence-corrected chi connectivity index (χ0v) is 22.9. The Hall–Kier alpha value is -1.88. The lowest BCUT2D eigenvalue weighted by atomic mass is 9.52. The molecule has 0 radical (unpaired) electrons. The fourth-order valence-electron chi connectivity index (χ4n) is 7.82. The average molecular weight is 509 g/mol. The van der Waals surface area contributed by atoms with Crippen molar-refractivity contribution >= 4 is 17.4 Å². The van der Waals surface area contributed by atoms with Crippen LogP contribution in [0.25, 0.3) is 0 Å². The molecule has 0 spiro atoms. The number of methoxy groups -OCH3 is 1. The van der Waals surface area contributed by atoms with E-state index in [0.717, 1.165) is 42.5 Å². The van der Waals surface area contributed by atoms with Gasteiger partial charge in [-0.2, -0.15) is 0 Å². The summed E-state index contributed by atoms with van der Waals surface area (Å²) < 4.78 is 5.51. The average Bonchev–Trinajstić information content (AvgIpc) is 2.92. The number of fused-ring (bicyclic) bond motifs is 1. The second-order valence-corrected chi connectivity index (χ2v) is 11.7. The standard InChI is InChI=1S/C18H25NO.C13H16ClNO/c1-19-10-9-18-8-4-3-5-15(18)17(19)11-13-6-7-14(20-2)12-16(13)18;1-15-13(9-5-4-8-12(13)16)10-6-2-3-7-11(10)14/h6-7,12,15,17H,3-5,8-11H2,1-2H3;2-3,6-7,15H,4-5,8-9H2,1H3/t15-,17+,18+;/m1./s1. The Balaban J connectivity index is 0.000000152. The molecule has 1 aliphatic heterocycles. The Morgan fingerprint density at radius 1 is 1.03 bits per heavy atom. The summed E-state index contributed by atoms with van der Waals surface area (Å²) in [5, 5.41) is 3.86. The van der Waals surface area contributed by atoms with Crippen molar-refractivity contribution < 1.29 is 9.53 Å². The molecule has 3 fully saturated rings. The lowest BCUT2D eigenvalue weighted by Crippen LogP contribution is -2.59. The number of hydrogen-bond donors (Lipinski definition) is 1. The molecule has 194 valence electrons. The molecule has 36 heavy (non-hydrogen) atoms. The van der Waals surface area contributed by atoms with Crippen LogP contribution in [-0.2, 0) is 22.2 Å². The molecule has 0 amide bonds. The number of benzene rings is 2. The third kappa shape index (κ3) is 4.29. The molecule has 1 N–H and O–H groups in total. The number of Topliss-reactive ketones (excluding diaryl/α,β-unsaturated/α-hetero) is 1. The highest BCUT2D eigenvalue weighted by Gasteiger charge is 2.53. The predicted molar refractivity (Wildman–Crippen MR) is 147 cm³/mol. The minimum absolute atomic E-state index is 0.259. The number of carbonyl (C=O) groups is 1. The lowest BCUT2D eigenvalue weighted by Gasteiger charge is -2.58. The van der Waals surface area contributed by atoms with Gasteiger partial charge in [0.1, 0.15) is 11.3 Å². The number of nitrogens with one attached hydrogen (secondary N) is 1. The number of carbonyl (C=O) groups excluding carboxylic acids is 1. The van der Waals surface area contributed by atoms with Crippen LogP contribution >= 0.6 is 11.6 Å². The summed E-state index contributed by atoms with van der Waals surface area (Å²) in [4.78, 5) is 14.8. The van der Waals surface area contributed by atoms with Crippen LogP contribution in [0.1, 0.15) is 74.5 Å². The van der Waals surface area contributed by atoms with Crippen LogP contribution in [0.15, 0.2) is 42.5 Å². The van der Waals surface area contributed by atoms with Crippen molar-refractivity contribution in [2.24, 2.45) is 5.92 Å². The molecular formula is C31H41ClN2O2. The summed E-state index contributed by atoms with van der Waals surface area (Å²) >= 11 is 6.20. The molecule has 4 aliphatic rings. The Morgan fingerprint density at radius 2 is 1.83 bits per heavy atom. The number of likely N-dealkylation sites (tertiary alicyclic amines) is 1. The summed E-state index contributed by atoms with van der Waals surface area (Å²) in [5.74, 6) is 2.17. The van der Waals surface area contributed by atoms with E-state index in [9.17, 15) is 4.79 Å². The highest BCUT2D eigenvalue weighted by molar-refractivity contribution is 6.31. The van der Waals surface area contributed by atoms with E-state index in [4.69, 9.17) is 16.3 Å². The van der Waals surface area contributed by atoms with Gasteiger partial charge < -0.3 is 15.0 Å². The van der Waals surface area contributed by atoms with E-state index in [-0.39, 0.29) is 5.78 Å². The summed E-state index contributed by atoms with van der Waals surface area (Å²) in [6.45, 7) is 1.26. The normalized spacial score (nSPS) is 31.5. The summed E-state index contributed by atoms with van der Waals surface area (Å²) in [6, 6.07) is 15.2. The van der Waals surface area contributed by atoms with Crippen molar-refractivity contribution in [2.45, 2.75) is 81.2 Å². The first-order valence-corrected chi connectivity index (χ1v) is 14.2. The molecule has 1 saturated heterocycles. The van der Waals surface area contributed by atoms with Gasteiger partial charge >= 0.3 is 0 Å². The number of rotatable bonds is 3. The minimum Gasteiger partial charge on any atom is -0.497 e. The van der Waals surface area contributed by atoms with E-state index in [1.807, 2.05) is 31.3 Å². The number of hydrogen-bond acceptors (Lipinski definition) is 4. The number of halogens is 1. The second-order valence-electron chi connectivity index (χ2n) is 11.3. The van der Waals surface area contributed by atoms with Crippen LogP contribution in [0.5, 0.6) is 5.75 Å². The zero-order chi connectivity index (χ0) is 25.3. The molecule has 2 bridgehead atoms. The Morgan fingerprint density at radius 3 is 2.58 bits per heavy atom. The van der Waals surface area contributed by atoms with Crippen LogP contribution in [-0.4, -0.2) is 44.5 Å². The summed E-state index contributed by atoms with van der Waals surface area (Å²) in [7, 11) is 5.96. The number of nitrogens with zero attached hydrogens (tertiary/aromatic N) is 1. The first-order chi connectivity index (χ1) is 17.4. The SMILES string of the molecule is CNC1(c2ccccc2Cl)CCCCC1=O.COc1ccc2c(c1)[C@]13CCCC[C@@H]1[C@H](C2)N(C)CC3. The van der Waals surface area contributed by atoms with Gasteiger partial charge in [0.05, 0.1) is 7.11 Å². The van der Waals surface area contributed by atoms with Gasteiger partial charge in [-0.15, -0.1) is 0 Å². The highest BCUT2D eigenvalue weighted by atomic mass is 35.5. The van der Waals surface area contributed by atoms with Crippen LogP contribution in [0.2, 0.25) is 5.02 Å². The van der Waals surface area contributed by atoms with Crippen LogP contribution < -0.4 is 10.1 Å². The highest BCUT2D eigenvalue weighted by Crippen LogP contribution is 2.55. The molecule has 2 saturated carbocycles.